The van der Waals surface area contributed by atoms with E-state index >= 15 is 0 Å². The zero-order valence-corrected chi connectivity index (χ0v) is 7.75. The Morgan fingerprint density at radius 1 is 1.38 bits per heavy atom. The molecule has 0 aliphatic heterocycles. The van der Waals surface area contributed by atoms with Gasteiger partial charge in [-0.25, -0.2) is 0 Å². The van der Waals surface area contributed by atoms with Crippen molar-refractivity contribution in [2.45, 2.75) is 0 Å². The zero-order valence-electron chi connectivity index (χ0n) is 7.00. The van der Waals surface area contributed by atoms with E-state index in [4.69, 9.17) is 11.6 Å². The smallest absolute Gasteiger partial charge is 0.0630 e. The van der Waals surface area contributed by atoms with Gasteiger partial charge in [-0.2, -0.15) is 0 Å². The van der Waals surface area contributed by atoms with E-state index in [9.17, 15) is 0 Å². The van der Waals surface area contributed by atoms with Crippen LogP contribution >= 0.6 is 11.6 Å². The van der Waals surface area contributed by atoms with E-state index in [1.54, 1.807) is 12.3 Å². The summed E-state index contributed by atoms with van der Waals surface area (Å²) in [6.07, 6.45) is 3.50. The molecule has 2 heteroatoms. The Kier molecular flexibility index (Phi) is 2.03. The molecule has 0 unspecified atom stereocenters. The fourth-order valence-electron chi connectivity index (χ4n) is 1.26. The standard InChI is InChI=1S/C11H8ClN/c1-2-9-6-8-4-3-5-11(12)10(8)7-13-9/h2-7H,1H2. The molecule has 64 valence electrons. The first-order chi connectivity index (χ1) is 6.31. The molecule has 2 rings (SSSR count). The van der Waals surface area contributed by atoms with E-state index in [2.05, 4.69) is 11.6 Å². The van der Waals surface area contributed by atoms with E-state index in [-0.39, 0.29) is 0 Å². The molecule has 0 saturated carbocycles. The summed E-state index contributed by atoms with van der Waals surface area (Å²) >= 11 is 5.99. The third-order valence-corrected chi connectivity index (χ3v) is 2.27. The van der Waals surface area contributed by atoms with Crippen molar-refractivity contribution in [1.29, 1.82) is 0 Å². The summed E-state index contributed by atoms with van der Waals surface area (Å²) in [4.78, 5) is 4.18. The third-order valence-electron chi connectivity index (χ3n) is 1.94. The second-order valence-corrected chi connectivity index (χ2v) is 3.18. The monoisotopic (exact) mass is 189 g/mol. The maximum atomic E-state index is 5.99. The lowest BCUT2D eigenvalue weighted by molar-refractivity contribution is 1.33. The Bertz CT molecular complexity index is 463. The van der Waals surface area contributed by atoms with E-state index in [0.29, 0.717) is 0 Å². The van der Waals surface area contributed by atoms with Crippen LogP contribution in [-0.2, 0) is 0 Å². The molecule has 0 N–H and O–H groups in total. The highest BCUT2D eigenvalue weighted by atomic mass is 35.5. The molecule has 1 heterocycles. The maximum absolute atomic E-state index is 5.99. The number of nitrogens with zero attached hydrogens (tertiary/aromatic N) is 1. The van der Waals surface area contributed by atoms with Gasteiger partial charge in [0.1, 0.15) is 0 Å². The van der Waals surface area contributed by atoms with Crippen LogP contribution in [0.4, 0.5) is 0 Å². The van der Waals surface area contributed by atoms with Gasteiger partial charge in [0.05, 0.1) is 5.69 Å². The van der Waals surface area contributed by atoms with E-state index in [1.807, 2.05) is 24.3 Å². The minimum atomic E-state index is 0.737. The van der Waals surface area contributed by atoms with Crippen molar-refractivity contribution in [3.05, 3.63) is 47.8 Å². The fraction of sp³-hybridized carbons (Fsp3) is 0. The lowest BCUT2D eigenvalue weighted by atomic mass is 10.1. The number of rotatable bonds is 1. The minimum absolute atomic E-state index is 0.737. The van der Waals surface area contributed by atoms with Crippen molar-refractivity contribution in [2.24, 2.45) is 0 Å². The molecule has 13 heavy (non-hydrogen) atoms. The molecule has 0 atom stereocenters. The van der Waals surface area contributed by atoms with Crippen LogP contribution in [-0.4, -0.2) is 4.98 Å². The molecule has 0 aliphatic carbocycles. The number of fused-ring (bicyclic) bond motifs is 1. The van der Waals surface area contributed by atoms with Crippen LogP contribution in [0, 0.1) is 0 Å². The van der Waals surface area contributed by atoms with Crippen molar-refractivity contribution in [3.8, 4) is 0 Å². The van der Waals surface area contributed by atoms with Gasteiger partial charge in [0.2, 0.25) is 0 Å². The topological polar surface area (TPSA) is 12.9 Å². The Morgan fingerprint density at radius 3 is 3.00 bits per heavy atom. The predicted octanol–water partition coefficient (Wildman–Crippen LogP) is 3.53. The molecule has 1 aromatic heterocycles. The first-order valence-electron chi connectivity index (χ1n) is 3.98. The average molecular weight is 190 g/mol. The van der Waals surface area contributed by atoms with Gasteiger partial charge in [-0.3, -0.25) is 4.98 Å². The number of hydrogen-bond donors (Lipinski definition) is 0. The summed E-state index contributed by atoms with van der Waals surface area (Å²) in [5.41, 5.74) is 0.870. The average Bonchev–Trinajstić information content (AvgIpc) is 2.18. The van der Waals surface area contributed by atoms with Crippen LogP contribution in [0.15, 0.2) is 37.0 Å². The van der Waals surface area contributed by atoms with Gasteiger partial charge in [-0.05, 0) is 23.6 Å². The highest BCUT2D eigenvalue weighted by molar-refractivity contribution is 6.35. The number of benzene rings is 1. The molecule has 1 nitrogen and oxygen atoms in total. The maximum Gasteiger partial charge on any atom is 0.0630 e. The largest absolute Gasteiger partial charge is 0.256 e. The summed E-state index contributed by atoms with van der Waals surface area (Å²) in [6, 6.07) is 7.76. The molecular formula is C11H8ClN. The quantitative estimate of drug-likeness (QED) is 0.669. The Balaban J connectivity index is 2.79. The van der Waals surface area contributed by atoms with Crippen molar-refractivity contribution in [3.63, 3.8) is 0 Å². The molecule has 0 aliphatic rings. The zero-order chi connectivity index (χ0) is 9.26. The number of pyridine rings is 1. The van der Waals surface area contributed by atoms with Crippen molar-refractivity contribution >= 4 is 28.4 Å². The second-order valence-electron chi connectivity index (χ2n) is 2.77. The van der Waals surface area contributed by atoms with Crippen LogP contribution in [0.25, 0.3) is 16.8 Å². The molecule has 0 saturated heterocycles. The molecule has 0 fully saturated rings. The fourth-order valence-corrected chi connectivity index (χ4v) is 1.49. The van der Waals surface area contributed by atoms with Crippen molar-refractivity contribution in [2.75, 3.05) is 0 Å². The highest BCUT2D eigenvalue weighted by Gasteiger charge is 1.98. The Hall–Kier alpha value is -1.34. The molecule has 0 radical (unpaired) electrons. The van der Waals surface area contributed by atoms with Crippen LogP contribution in [0.2, 0.25) is 5.02 Å². The molecule has 2 aromatic rings. The summed E-state index contributed by atoms with van der Waals surface area (Å²) in [6.45, 7) is 3.66. The highest BCUT2D eigenvalue weighted by Crippen LogP contribution is 2.22. The molecular weight excluding hydrogens is 182 g/mol. The van der Waals surface area contributed by atoms with Gasteiger partial charge in [0.15, 0.2) is 0 Å². The number of hydrogen-bond acceptors (Lipinski definition) is 1. The lowest BCUT2D eigenvalue weighted by Gasteiger charge is -2.00. The molecule has 0 amide bonds. The predicted molar refractivity (Wildman–Crippen MR) is 56.8 cm³/mol. The summed E-state index contributed by atoms with van der Waals surface area (Å²) in [5.74, 6) is 0. The Labute approximate surface area is 81.7 Å². The van der Waals surface area contributed by atoms with Gasteiger partial charge in [-0.15, -0.1) is 0 Å². The van der Waals surface area contributed by atoms with Crippen LogP contribution < -0.4 is 0 Å². The van der Waals surface area contributed by atoms with Gasteiger partial charge in [0, 0.05) is 16.6 Å². The van der Waals surface area contributed by atoms with Crippen LogP contribution in [0.3, 0.4) is 0 Å². The SMILES string of the molecule is C=Cc1cc2cccc(Cl)c2cn1. The van der Waals surface area contributed by atoms with Crippen molar-refractivity contribution < 1.29 is 0 Å². The van der Waals surface area contributed by atoms with Gasteiger partial charge in [0.25, 0.3) is 0 Å². The van der Waals surface area contributed by atoms with Crippen LogP contribution in [0.1, 0.15) is 5.69 Å². The van der Waals surface area contributed by atoms with Gasteiger partial charge < -0.3 is 0 Å². The van der Waals surface area contributed by atoms with Crippen molar-refractivity contribution in [1.82, 2.24) is 4.98 Å². The van der Waals surface area contributed by atoms with E-state index in [1.165, 1.54) is 0 Å². The molecule has 0 spiro atoms. The second kappa shape index (κ2) is 3.19. The van der Waals surface area contributed by atoms with Gasteiger partial charge >= 0.3 is 0 Å². The summed E-state index contributed by atoms with van der Waals surface area (Å²) < 4.78 is 0. The minimum Gasteiger partial charge on any atom is -0.256 e. The van der Waals surface area contributed by atoms with Crippen LogP contribution in [0.5, 0.6) is 0 Å². The number of aromatic nitrogens is 1. The third kappa shape index (κ3) is 1.43. The van der Waals surface area contributed by atoms with Gasteiger partial charge in [-0.1, -0.05) is 30.3 Å². The summed E-state index contributed by atoms with van der Waals surface area (Å²) in [7, 11) is 0. The van der Waals surface area contributed by atoms with E-state index < -0.39 is 0 Å². The Morgan fingerprint density at radius 2 is 2.23 bits per heavy atom. The lowest BCUT2D eigenvalue weighted by Crippen LogP contribution is -1.81. The normalized spacial score (nSPS) is 10.2. The number of halogens is 1. The first kappa shape index (κ1) is 8.27. The van der Waals surface area contributed by atoms with E-state index in [0.717, 1.165) is 21.5 Å². The molecule has 1 aromatic carbocycles. The first-order valence-corrected chi connectivity index (χ1v) is 4.36. The summed E-state index contributed by atoms with van der Waals surface area (Å²) in [5, 5.41) is 2.81. The molecule has 0 bridgehead atoms.